The fourth-order valence-corrected chi connectivity index (χ4v) is 4.61. The minimum absolute atomic E-state index is 0.150. The van der Waals surface area contributed by atoms with E-state index in [4.69, 9.17) is 4.74 Å². The van der Waals surface area contributed by atoms with Gasteiger partial charge in [0, 0.05) is 37.8 Å². The van der Waals surface area contributed by atoms with Crippen LogP contribution < -0.4 is 4.74 Å². The van der Waals surface area contributed by atoms with Gasteiger partial charge in [-0.1, -0.05) is 30.3 Å². The summed E-state index contributed by atoms with van der Waals surface area (Å²) in [6, 6.07) is 19.1. The van der Waals surface area contributed by atoms with Gasteiger partial charge in [0.2, 0.25) is 0 Å². The number of ether oxygens (including phenoxy) is 1. The number of nitrogens with zero attached hydrogens (tertiary/aromatic N) is 2. The topological polar surface area (TPSA) is 32.8 Å². The summed E-state index contributed by atoms with van der Waals surface area (Å²) in [6.07, 6.45) is 6.97. The highest BCUT2D eigenvalue weighted by atomic mass is 16.5. The summed E-state index contributed by atoms with van der Waals surface area (Å²) in [4.78, 5) is 17.0. The van der Waals surface area contributed by atoms with Gasteiger partial charge in [0.15, 0.2) is 0 Å². The lowest BCUT2D eigenvalue weighted by Crippen LogP contribution is -2.43. The monoisotopic (exact) mass is 406 g/mol. The second kappa shape index (κ2) is 10.1. The molecule has 2 aromatic carbocycles. The summed E-state index contributed by atoms with van der Waals surface area (Å²) in [7, 11) is 0. The van der Waals surface area contributed by atoms with Crippen molar-refractivity contribution >= 4 is 5.91 Å². The third kappa shape index (κ3) is 5.42. The van der Waals surface area contributed by atoms with Gasteiger partial charge in [0.05, 0.1) is 0 Å². The second-order valence-electron chi connectivity index (χ2n) is 8.75. The highest BCUT2D eigenvalue weighted by Gasteiger charge is 2.24. The molecule has 0 bridgehead atoms. The van der Waals surface area contributed by atoms with Gasteiger partial charge < -0.3 is 14.5 Å². The SMILES string of the molecule is CC(CCc1ccccc1)N1CCC(Oc2ccc(C(=O)N3CCCC3)cc2)CC1. The summed E-state index contributed by atoms with van der Waals surface area (Å²) in [5, 5.41) is 0. The van der Waals surface area contributed by atoms with Gasteiger partial charge in [-0.05, 0) is 75.3 Å². The number of hydrogen-bond donors (Lipinski definition) is 0. The van der Waals surface area contributed by atoms with Crippen molar-refractivity contribution in [2.75, 3.05) is 26.2 Å². The van der Waals surface area contributed by atoms with Crippen LogP contribution in [0.1, 0.15) is 54.9 Å². The van der Waals surface area contributed by atoms with Crippen molar-refractivity contribution in [2.24, 2.45) is 0 Å². The molecule has 4 rings (SSSR count). The zero-order valence-electron chi connectivity index (χ0n) is 18.1. The first kappa shape index (κ1) is 20.9. The quantitative estimate of drug-likeness (QED) is 0.663. The number of amides is 1. The van der Waals surface area contributed by atoms with Gasteiger partial charge in [-0.3, -0.25) is 4.79 Å². The van der Waals surface area contributed by atoms with Gasteiger partial charge >= 0.3 is 0 Å². The fourth-order valence-electron chi connectivity index (χ4n) is 4.61. The van der Waals surface area contributed by atoms with Crippen molar-refractivity contribution in [1.29, 1.82) is 0 Å². The number of rotatable bonds is 7. The van der Waals surface area contributed by atoms with Crippen LogP contribution in [0.15, 0.2) is 54.6 Å². The fraction of sp³-hybridized carbons (Fsp3) is 0.500. The van der Waals surface area contributed by atoms with Crippen molar-refractivity contribution in [2.45, 2.75) is 57.6 Å². The van der Waals surface area contributed by atoms with Crippen LogP contribution in [0.4, 0.5) is 0 Å². The third-order valence-electron chi connectivity index (χ3n) is 6.59. The smallest absolute Gasteiger partial charge is 0.253 e. The van der Waals surface area contributed by atoms with E-state index in [1.807, 2.05) is 29.2 Å². The van der Waals surface area contributed by atoms with E-state index >= 15 is 0 Å². The molecule has 1 unspecified atom stereocenters. The Hall–Kier alpha value is -2.33. The van der Waals surface area contributed by atoms with E-state index in [9.17, 15) is 4.79 Å². The van der Waals surface area contributed by atoms with Gasteiger partial charge in [-0.15, -0.1) is 0 Å². The Morgan fingerprint density at radius 2 is 1.63 bits per heavy atom. The predicted octanol–water partition coefficient (Wildman–Crippen LogP) is 4.79. The van der Waals surface area contributed by atoms with E-state index in [0.717, 1.165) is 69.6 Å². The van der Waals surface area contributed by atoms with Crippen LogP contribution in [0.25, 0.3) is 0 Å². The summed E-state index contributed by atoms with van der Waals surface area (Å²) in [6.45, 7) is 6.30. The molecule has 2 heterocycles. The molecule has 0 N–H and O–H groups in total. The molecule has 4 heteroatoms. The van der Waals surface area contributed by atoms with Crippen LogP contribution in [-0.4, -0.2) is 54.0 Å². The average molecular weight is 407 g/mol. The molecule has 160 valence electrons. The molecule has 2 aromatic rings. The van der Waals surface area contributed by atoms with Gasteiger partial charge in [0.1, 0.15) is 11.9 Å². The molecule has 1 atom stereocenters. The molecule has 1 amide bonds. The number of aryl methyl sites for hydroxylation is 1. The molecular weight excluding hydrogens is 372 g/mol. The van der Waals surface area contributed by atoms with Crippen LogP contribution in [0.5, 0.6) is 5.75 Å². The molecule has 0 spiro atoms. The molecule has 0 radical (unpaired) electrons. The second-order valence-corrected chi connectivity index (χ2v) is 8.75. The largest absolute Gasteiger partial charge is 0.490 e. The number of piperidine rings is 1. The molecule has 0 aromatic heterocycles. The van der Waals surface area contributed by atoms with E-state index in [2.05, 4.69) is 42.2 Å². The van der Waals surface area contributed by atoms with Gasteiger partial charge in [0.25, 0.3) is 5.91 Å². The lowest BCUT2D eigenvalue weighted by Gasteiger charge is -2.36. The van der Waals surface area contributed by atoms with E-state index in [-0.39, 0.29) is 12.0 Å². The van der Waals surface area contributed by atoms with Crippen molar-refractivity contribution in [3.05, 3.63) is 65.7 Å². The Morgan fingerprint density at radius 1 is 0.967 bits per heavy atom. The maximum absolute atomic E-state index is 12.5. The molecule has 0 aliphatic carbocycles. The number of likely N-dealkylation sites (tertiary alicyclic amines) is 2. The van der Waals surface area contributed by atoms with Crippen molar-refractivity contribution in [3.8, 4) is 5.75 Å². The summed E-state index contributed by atoms with van der Waals surface area (Å²) < 4.78 is 6.22. The number of hydrogen-bond acceptors (Lipinski definition) is 3. The average Bonchev–Trinajstić information content (AvgIpc) is 3.34. The Labute approximate surface area is 180 Å². The number of benzene rings is 2. The zero-order valence-corrected chi connectivity index (χ0v) is 18.1. The predicted molar refractivity (Wildman–Crippen MR) is 121 cm³/mol. The Kier molecular flexibility index (Phi) is 7.06. The Bertz CT molecular complexity index is 792. The van der Waals surface area contributed by atoms with Crippen LogP contribution in [0, 0.1) is 0 Å². The summed E-state index contributed by atoms with van der Waals surface area (Å²) in [5.41, 5.74) is 2.19. The molecule has 0 saturated carbocycles. The Balaban J connectivity index is 1.21. The van der Waals surface area contributed by atoms with Crippen molar-refractivity contribution < 1.29 is 9.53 Å². The van der Waals surface area contributed by atoms with Gasteiger partial charge in [-0.25, -0.2) is 0 Å². The third-order valence-corrected chi connectivity index (χ3v) is 6.59. The van der Waals surface area contributed by atoms with Crippen LogP contribution in [0.3, 0.4) is 0 Å². The molecular formula is C26H34N2O2. The number of carbonyl (C=O) groups is 1. The van der Waals surface area contributed by atoms with E-state index in [0.29, 0.717) is 6.04 Å². The first-order valence-corrected chi connectivity index (χ1v) is 11.5. The standard InChI is InChI=1S/C26H34N2O2/c1-21(9-10-22-7-3-2-4-8-22)27-19-15-25(16-20-27)30-24-13-11-23(12-14-24)26(29)28-17-5-6-18-28/h2-4,7-8,11-14,21,25H,5-6,9-10,15-20H2,1H3. The molecule has 2 aliphatic heterocycles. The van der Waals surface area contributed by atoms with Gasteiger partial charge in [-0.2, -0.15) is 0 Å². The Morgan fingerprint density at radius 3 is 2.30 bits per heavy atom. The normalized spacial score (nSPS) is 19.0. The maximum Gasteiger partial charge on any atom is 0.253 e. The molecule has 2 saturated heterocycles. The summed E-state index contributed by atoms with van der Waals surface area (Å²) in [5.74, 6) is 1.03. The van der Waals surface area contributed by atoms with E-state index in [1.54, 1.807) is 0 Å². The van der Waals surface area contributed by atoms with Crippen LogP contribution in [0.2, 0.25) is 0 Å². The molecule has 30 heavy (non-hydrogen) atoms. The van der Waals surface area contributed by atoms with Crippen LogP contribution in [-0.2, 0) is 6.42 Å². The highest BCUT2D eigenvalue weighted by Crippen LogP contribution is 2.23. The lowest BCUT2D eigenvalue weighted by atomic mass is 10.0. The minimum atomic E-state index is 0.150. The molecule has 2 aliphatic rings. The first-order chi connectivity index (χ1) is 14.7. The zero-order chi connectivity index (χ0) is 20.8. The summed E-state index contributed by atoms with van der Waals surface area (Å²) >= 11 is 0. The van der Waals surface area contributed by atoms with E-state index in [1.165, 1.54) is 12.0 Å². The number of carbonyl (C=O) groups excluding carboxylic acids is 1. The highest BCUT2D eigenvalue weighted by molar-refractivity contribution is 5.94. The van der Waals surface area contributed by atoms with E-state index < -0.39 is 0 Å². The van der Waals surface area contributed by atoms with Crippen molar-refractivity contribution in [3.63, 3.8) is 0 Å². The molecule has 2 fully saturated rings. The van der Waals surface area contributed by atoms with Crippen LogP contribution >= 0.6 is 0 Å². The maximum atomic E-state index is 12.5. The first-order valence-electron chi connectivity index (χ1n) is 11.5. The lowest BCUT2D eigenvalue weighted by molar-refractivity contribution is 0.0774. The minimum Gasteiger partial charge on any atom is -0.490 e. The molecule has 4 nitrogen and oxygen atoms in total. The van der Waals surface area contributed by atoms with Crippen molar-refractivity contribution in [1.82, 2.24) is 9.80 Å².